The molecule has 2 atom stereocenters. The van der Waals surface area contributed by atoms with E-state index in [4.69, 9.17) is 18.9 Å². The predicted octanol–water partition coefficient (Wildman–Crippen LogP) is 26.3. The Kier molecular flexibility index (Phi) is 77.4. The number of esters is 2. The van der Waals surface area contributed by atoms with Gasteiger partial charge in [-0.15, -0.1) is 0 Å². The zero-order valence-electron chi connectivity index (χ0n) is 66.3. The largest absolute Gasteiger partial charge is 0.545 e. The number of hydrogen-bond acceptors (Lipinski definition) is 8. The van der Waals surface area contributed by atoms with Crippen LogP contribution in [-0.2, 0) is 33.3 Å². The lowest BCUT2D eigenvalue weighted by molar-refractivity contribution is -0.870. The highest BCUT2D eigenvalue weighted by Crippen LogP contribution is 2.20. The summed E-state index contributed by atoms with van der Waals surface area (Å²) in [6, 6.07) is 0. The first kappa shape index (κ1) is 96.0. The average Bonchev–Trinajstić information content (AvgIpc) is 1.14. The second kappa shape index (κ2) is 80.6. The summed E-state index contributed by atoms with van der Waals surface area (Å²) in [7, 11) is 5.94. The minimum Gasteiger partial charge on any atom is -0.545 e. The Morgan fingerprint density at radius 2 is 0.570 bits per heavy atom. The highest BCUT2D eigenvalue weighted by molar-refractivity contribution is 5.70. The molecule has 9 heteroatoms. The molecule has 0 aliphatic carbocycles. The minimum atomic E-state index is -1.63. The van der Waals surface area contributed by atoms with Crippen molar-refractivity contribution in [3.05, 3.63) is 109 Å². The Morgan fingerprint density at radius 3 is 0.850 bits per heavy atom. The van der Waals surface area contributed by atoms with Crippen molar-refractivity contribution >= 4 is 17.9 Å². The number of ether oxygens (including phenoxy) is 4. The lowest BCUT2D eigenvalue weighted by Gasteiger charge is -2.26. The van der Waals surface area contributed by atoms with Gasteiger partial charge in [-0.25, -0.2) is 0 Å². The van der Waals surface area contributed by atoms with E-state index in [0.29, 0.717) is 23.9 Å². The molecule has 0 fully saturated rings. The van der Waals surface area contributed by atoms with Crippen LogP contribution >= 0.6 is 0 Å². The molecule has 0 aromatic carbocycles. The smallest absolute Gasteiger partial charge is 0.306 e. The van der Waals surface area contributed by atoms with Crippen molar-refractivity contribution in [1.82, 2.24) is 0 Å². The van der Waals surface area contributed by atoms with Crippen LogP contribution < -0.4 is 5.11 Å². The summed E-state index contributed by atoms with van der Waals surface area (Å²) < 4.78 is 22.9. The number of carboxylic acid groups (broad SMARTS) is 1. The highest BCUT2D eigenvalue weighted by atomic mass is 16.7. The van der Waals surface area contributed by atoms with Crippen molar-refractivity contribution < 1.29 is 42.9 Å². The van der Waals surface area contributed by atoms with Gasteiger partial charge in [-0.1, -0.05) is 406 Å². The molecule has 578 valence electrons. The molecule has 0 aliphatic rings. The van der Waals surface area contributed by atoms with E-state index in [-0.39, 0.29) is 32.2 Å². The molecule has 0 N–H and O–H groups in total. The zero-order valence-corrected chi connectivity index (χ0v) is 66.3. The molecule has 0 spiro atoms. The van der Waals surface area contributed by atoms with Gasteiger partial charge in [-0.3, -0.25) is 9.59 Å². The standard InChI is InChI=1S/C91H161NO8/c1-6-8-10-12-14-16-18-20-22-24-26-28-30-32-34-36-38-40-42-44-46-47-49-51-53-55-57-59-61-63-65-67-69-71-73-75-77-79-81-88(93)98-85-87(86-99-91(90(95)96)97-84-83-92(3,4)5)100-89(94)82-80-78-76-74-72-70-68-66-64-62-60-58-56-54-52-50-48-45-43-41-39-37-35-33-31-29-27-25-23-21-19-17-15-13-11-9-7-2/h9,11,15,17,21,23,27,29,33,35,39,41,45,48,52,54,58,60,87,91H,6-8,10,12-14,16,18-20,22,24-26,28,30-32,34,36-38,40,42-44,46-47,49-51,53,55-57,59,61-86H2,1-5H3/b11-9-,17-15-,23-21-,29-27-,35-33-,41-39-,48-45-,54-52-,60-58-. The van der Waals surface area contributed by atoms with Crippen molar-refractivity contribution in [2.45, 2.75) is 405 Å². The maximum absolute atomic E-state index is 13.0. The Morgan fingerprint density at radius 1 is 0.310 bits per heavy atom. The van der Waals surface area contributed by atoms with Crippen LogP contribution in [0.25, 0.3) is 0 Å². The lowest BCUT2D eigenvalue weighted by Crippen LogP contribution is -2.44. The summed E-state index contributed by atoms with van der Waals surface area (Å²) in [6.45, 7) is 4.68. The summed E-state index contributed by atoms with van der Waals surface area (Å²) in [5, 5.41) is 11.9. The fourth-order valence-corrected chi connectivity index (χ4v) is 12.4. The van der Waals surface area contributed by atoms with E-state index < -0.39 is 24.3 Å². The summed E-state index contributed by atoms with van der Waals surface area (Å²) in [4.78, 5) is 37.6. The van der Waals surface area contributed by atoms with Crippen LogP contribution in [0.2, 0.25) is 0 Å². The van der Waals surface area contributed by atoms with Crippen molar-refractivity contribution in [1.29, 1.82) is 0 Å². The van der Waals surface area contributed by atoms with Gasteiger partial charge in [0.2, 0.25) is 0 Å². The molecule has 0 saturated carbocycles. The molecule has 0 aliphatic heterocycles. The summed E-state index contributed by atoms with van der Waals surface area (Å²) in [6.07, 6.45) is 111. The van der Waals surface area contributed by atoms with Gasteiger partial charge in [0, 0.05) is 12.8 Å². The highest BCUT2D eigenvalue weighted by Gasteiger charge is 2.22. The molecule has 0 aromatic rings. The number of quaternary nitrogens is 1. The van der Waals surface area contributed by atoms with Gasteiger partial charge in [0.15, 0.2) is 12.4 Å². The number of allylic oxidation sites excluding steroid dienone is 18. The number of aliphatic carboxylic acids is 1. The number of carboxylic acids is 1. The number of likely N-dealkylation sites (N-methyl/N-ethyl adjacent to an activating group) is 1. The Hall–Kier alpha value is -4.05. The monoisotopic (exact) mass is 1400 g/mol. The fourth-order valence-electron chi connectivity index (χ4n) is 12.4. The zero-order chi connectivity index (χ0) is 72.5. The second-order valence-electron chi connectivity index (χ2n) is 29.8. The van der Waals surface area contributed by atoms with Gasteiger partial charge in [0.05, 0.1) is 40.3 Å². The molecule has 9 nitrogen and oxygen atoms in total. The van der Waals surface area contributed by atoms with E-state index in [0.717, 1.165) is 103 Å². The molecule has 0 bridgehead atoms. The Labute approximate surface area is 619 Å². The maximum Gasteiger partial charge on any atom is 0.306 e. The lowest BCUT2D eigenvalue weighted by atomic mass is 10.0. The first-order valence-corrected chi connectivity index (χ1v) is 42.5. The molecule has 100 heavy (non-hydrogen) atoms. The first-order valence-electron chi connectivity index (χ1n) is 42.5. The number of carbonyl (C=O) groups is 3. The fraction of sp³-hybridized carbons (Fsp3) is 0.769. The third-order valence-electron chi connectivity index (χ3n) is 18.8. The first-order chi connectivity index (χ1) is 49.1. The maximum atomic E-state index is 13.0. The summed E-state index contributed by atoms with van der Waals surface area (Å²) >= 11 is 0. The molecule has 0 aromatic heterocycles. The van der Waals surface area contributed by atoms with Gasteiger partial charge in [0.25, 0.3) is 0 Å². The predicted molar refractivity (Wildman–Crippen MR) is 430 cm³/mol. The van der Waals surface area contributed by atoms with Gasteiger partial charge < -0.3 is 33.3 Å². The van der Waals surface area contributed by atoms with Gasteiger partial charge >= 0.3 is 11.9 Å². The summed E-state index contributed by atoms with van der Waals surface area (Å²) in [5.74, 6) is -2.28. The van der Waals surface area contributed by atoms with E-state index in [9.17, 15) is 19.5 Å². The summed E-state index contributed by atoms with van der Waals surface area (Å²) in [5.41, 5.74) is 0. The van der Waals surface area contributed by atoms with E-state index in [1.807, 2.05) is 21.1 Å². The number of carbonyl (C=O) groups excluding carboxylic acids is 3. The Balaban J connectivity index is 4.01. The molecular weight excluding hydrogens is 1230 g/mol. The number of unbranched alkanes of at least 4 members (excludes halogenated alkanes) is 46. The van der Waals surface area contributed by atoms with Crippen molar-refractivity contribution in [2.24, 2.45) is 0 Å². The molecule has 0 amide bonds. The third kappa shape index (κ3) is 81.3. The average molecular weight is 1400 g/mol. The molecule has 0 rings (SSSR count). The van der Waals surface area contributed by atoms with Crippen molar-refractivity contribution in [3.63, 3.8) is 0 Å². The van der Waals surface area contributed by atoms with Crippen LogP contribution in [0.1, 0.15) is 393 Å². The second-order valence-corrected chi connectivity index (χ2v) is 29.8. The third-order valence-corrected chi connectivity index (χ3v) is 18.8. The molecular formula is C91H161NO8. The molecule has 2 unspecified atom stereocenters. The number of nitrogens with zero attached hydrogens (tertiary/aromatic N) is 1. The quantitative estimate of drug-likeness (QED) is 0.0195. The van der Waals surface area contributed by atoms with Gasteiger partial charge in [0.1, 0.15) is 13.2 Å². The van der Waals surface area contributed by atoms with Crippen LogP contribution in [0, 0.1) is 0 Å². The van der Waals surface area contributed by atoms with Crippen LogP contribution in [-0.4, -0.2) is 82.3 Å². The van der Waals surface area contributed by atoms with E-state index in [1.54, 1.807) is 0 Å². The minimum absolute atomic E-state index is 0.144. The van der Waals surface area contributed by atoms with Crippen LogP contribution in [0.4, 0.5) is 0 Å². The number of hydrogen-bond donors (Lipinski definition) is 0. The van der Waals surface area contributed by atoms with E-state index >= 15 is 0 Å². The van der Waals surface area contributed by atoms with Crippen molar-refractivity contribution in [3.8, 4) is 0 Å². The van der Waals surface area contributed by atoms with Crippen LogP contribution in [0.3, 0.4) is 0 Å². The van der Waals surface area contributed by atoms with Crippen LogP contribution in [0.15, 0.2) is 109 Å². The SMILES string of the molecule is CC/C=C\C/C=C\C/C=C\C/C=C\C/C=C\C/C=C\C/C=C\C/C=C\C/C=C\CCCCCCCCCCCC(=O)OC(COC(=O)CCCCCCCCCCCCCCCCCCCCCCCCCCCCCCCCCCCCCCCC)COC(OCC[N+](C)(C)C)C(=O)[O-]. The Bertz CT molecular complexity index is 2020. The molecule has 0 radical (unpaired) electrons. The van der Waals surface area contributed by atoms with E-state index in [2.05, 4.69) is 123 Å². The van der Waals surface area contributed by atoms with Crippen LogP contribution in [0.5, 0.6) is 0 Å². The molecule has 0 heterocycles. The normalized spacial score (nSPS) is 13.2. The topological polar surface area (TPSA) is 111 Å². The van der Waals surface area contributed by atoms with Gasteiger partial charge in [-0.05, 0) is 83.5 Å². The number of rotatable bonds is 79. The molecule has 0 saturated heterocycles. The van der Waals surface area contributed by atoms with E-state index in [1.165, 1.54) is 257 Å². The van der Waals surface area contributed by atoms with Crippen molar-refractivity contribution in [2.75, 3.05) is 47.5 Å². The van der Waals surface area contributed by atoms with Gasteiger partial charge in [-0.2, -0.15) is 0 Å².